The van der Waals surface area contributed by atoms with E-state index in [1.807, 2.05) is 25.1 Å². The second-order valence-corrected chi connectivity index (χ2v) is 8.23. The zero-order valence-corrected chi connectivity index (χ0v) is 18.8. The molecule has 1 aliphatic carbocycles. The highest BCUT2D eigenvalue weighted by atomic mass is 16.5. The second kappa shape index (κ2) is 8.96. The van der Waals surface area contributed by atoms with Gasteiger partial charge in [-0.05, 0) is 39.2 Å². The van der Waals surface area contributed by atoms with Crippen LogP contribution in [0.4, 0.5) is 0 Å². The SMILES string of the molecule is COC(=O)[C@@H]1C(=O)C2=C(C[C@H]1C)NC(C)=C(C(=O)OC(C)C)[C@@H]2c1ccccc1OC. The summed E-state index contributed by atoms with van der Waals surface area (Å²) in [4.78, 5) is 39.2. The van der Waals surface area contributed by atoms with Gasteiger partial charge in [-0.2, -0.15) is 0 Å². The van der Waals surface area contributed by atoms with Crippen molar-refractivity contribution in [1.29, 1.82) is 0 Å². The Morgan fingerprint density at radius 1 is 1.16 bits per heavy atom. The number of nitrogens with one attached hydrogen (secondary N) is 1. The van der Waals surface area contributed by atoms with E-state index in [2.05, 4.69) is 5.32 Å². The molecule has 3 rings (SSSR count). The van der Waals surface area contributed by atoms with E-state index in [0.717, 1.165) is 0 Å². The number of allylic oxidation sites excluding steroid dienone is 3. The molecule has 0 bridgehead atoms. The van der Waals surface area contributed by atoms with Crippen LogP contribution in [-0.2, 0) is 23.9 Å². The van der Waals surface area contributed by atoms with Gasteiger partial charge in [-0.15, -0.1) is 0 Å². The molecule has 0 radical (unpaired) electrons. The van der Waals surface area contributed by atoms with Gasteiger partial charge in [0.2, 0.25) is 0 Å². The minimum Gasteiger partial charge on any atom is -0.496 e. The number of hydrogen-bond acceptors (Lipinski definition) is 7. The Bertz CT molecular complexity index is 974. The first kappa shape index (κ1) is 22.6. The Balaban J connectivity index is 2.23. The van der Waals surface area contributed by atoms with Gasteiger partial charge in [0.15, 0.2) is 5.78 Å². The summed E-state index contributed by atoms with van der Waals surface area (Å²) in [7, 11) is 2.82. The lowest BCUT2D eigenvalue weighted by atomic mass is 9.69. The highest BCUT2D eigenvalue weighted by Gasteiger charge is 2.47. The largest absolute Gasteiger partial charge is 0.496 e. The van der Waals surface area contributed by atoms with Gasteiger partial charge in [-0.25, -0.2) is 4.79 Å². The summed E-state index contributed by atoms with van der Waals surface area (Å²) in [6.07, 6.45) is 0.155. The molecule has 166 valence electrons. The van der Waals surface area contributed by atoms with Crippen molar-refractivity contribution in [3.8, 4) is 5.75 Å². The number of carbonyl (C=O) groups excluding carboxylic acids is 3. The van der Waals surface area contributed by atoms with Gasteiger partial charge >= 0.3 is 11.9 Å². The molecule has 0 saturated carbocycles. The first-order chi connectivity index (χ1) is 14.7. The summed E-state index contributed by atoms with van der Waals surface area (Å²) in [5.74, 6) is -2.75. The average molecular weight is 427 g/mol. The minimum absolute atomic E-state index is 0.235. The number of methoxy groups -OCH3 is 2. The number of esters is 2. The first-order valence-electron chi connectivity index (χ1n) is 10.4. The standard InChI is InChI=1S/C24H29NO6/c1-12(2)31-24(28)19-14(4)25-16-11-13(3)18(23(27)30-6)22(26)21(16)20(19)15-9-7-8-10-17(15)29-5/h7-10,12-13,18,20,25H,11H2,1-6H3/t13-,18+,20+/m1/s1. The molecule has 0 saturated heterocycles. The molecular weight excluding hydrogens is 398 g/mol. The third-order valence-electron chi connectivity index (χ3n) is 5.76. The fourth-order valence-electron chi connectivity index (χ4n) is 4.44. The van der Waals surface area contributed by atoms with Crippen LogP contribution in [0.25, 0.3) is 0 Å². The van der Waals surface area contributed by atoms with E-state index in [4.69, 9.17) is 14.2 Å². The predicted octanol–water partition coefficient (Wildman–Crippen LogP) is 3.26. The van der Waals surface area contributed by atoms with Crippen LogP contribution >= 0.6 is 0 Å². The van der Waals surface area contributed by atoms with E-state index in [9.17, 15) is 14.4 Å². The fourth-order valence-corrected chi connectivity index (χ4v) is 4.44. The minimum atomic E-state index is -0.927. The molecule has 1 N–H and O–H groups in total. The number of para-hydroxylation sites is 1. The van der Waals surface area contributed by atoms with Crippen molar-refractivity contribution < 1.29 is 28.6 Å². The van der Waals surface area contributed by atoms with Gasteiger partial charge in [-0.1, -0.05) is 25.1 Å². The van der Waals surface area contributed by atoms with Gasteiger partial charge in [0.1, 0.15) is 11.7 Å². The van der Waals surface area contributed by atoms with Crippen LogP contribution in [0.2, 0.25) is 0 Å². The first-order valence-corrected chi connectivity index (χ1v) is 10.4. The van der Waals surface area contributed by atoms with Gasteiger partial charge in [0.05, 0.1) is 31.8 Å². The quantitative estimate of drug-likeness (QED) is 0.570. The van der Waals surface area contributed by atoms with Crippen LogP contribution in [0.15, 0.2) is 46.8 Å². The van der Waals surface area contributed by atoms with Crippen molar-refractivity contribution in [3.63, 3.8) is 0 Å². The van der Waals surface area contributed by atoms with Crippen LogP contribution in [0.3, 0.4) is 0 Å². The number of benzene rings is 1. The summed E-state index contributed by atoms with van der Waals surface area (Å²) >= 11 is 0. The van der Waals surface area contributed by atoms with Crippen molar-refractivity contribution in [2.45, 2.75) is 46.1 Å². The van der Waals surface area contributed by atoms with Gasteiger partial charge < -0.3 is 19.5 Å². The molecule has 0 amide bonds. The molecule has 1 heterocycles. The third kappa shape index (κ3) is 4.09. The molecule has 3 atom stereocenters. The van der Waals surface area contributed by atoms with Gasteiger partial charge in [0, 0.05) is 22.5 Å². The van der Waals surface area contributed by atoms with Crippen LogP contribution < -0.4 is 10.1 Å². The van der Waals surface area contributed by atoms with E-state index < -0.39 is 23.8 Å². The van der Waals surface area contributed by atoms with Crippen LogP contribution in [-0.4, -0.2) is 38.0 Å². The smallest absolute Gasteiger partial charge is 0.337 e. The lowest BCUT2D eigenvalue weighted by molar-refractivity contribution is -0.151. The summed E-state index contributed by atoms with van der Waals surface area (Å²) in [6, 6.07) is 7.26. The highest BCUT2D eigenvalue weighted by Crippen LogP contribution is 2.47. The number of ether oxygens (including phenoxy) is 3. The number of hydrogen-bond donors (Lipinski definition) is 1. The molecule has 1 aromatic carbocycles. The second-order valence-electron chi connectivity index (χ2n) is 8.23. The molecular formula is C24H29NO6. The molecule has 0 spiro atoms. The topological polar surface area (TPSA) is 90.9 Å². The zero-order chi connectivity index (χ0) is 22.9. The monoisotopic (exact) mass is 427 g/mol. The molecule has 0 fully saturated rings. The molecule has 2 aliphatic rings. The van der Waals surface area contributed by atoms with Crippen LogP contribution in [0.1, 0.15) is 45.6 Å². The van der Waals surface area contributed by atoms with E-state index in [0.29, 0.717) is 40.3 Å². The van der Waals surface area contributed by atoms with Crippen molar-refractivity contribution in [1.82, 2.24) is 5.32 Å². The highest BCUT2D eigenvalue weighted by molar-refractivity contribution is 6.12. The average Bonchev–Trinajstić information content (AvgIpc) is 2.71. The number of dihydropyridines is 1. The van der Waals surface area contributed by atoms with Crippen LogP contribution in [0, 0.1) is 11.8 Å². The van der Waals surface area contributed by atoms with Gasteiger partial charge in [0.25, 0.3) is 0 Å². The molecule has 1 aliphatic heterocycles. The number of carbonyl (C=O) groups is 3. The predicted molar refractivity (Wildman–Crippen MR) is 114 cm³/mol. The Kier molecular flexibility index (Phi) is 6.53. The van der Waals surface area contributed by atoms with Crippen LogP contribution in [0.5, 0.6) is 5.75 Å². The molecule has 7 nitrogen and oxygen atoms in total. The molecule has 1 aromatic rings. The van der Waals surface area contributed by atoms with E-state index in [1.54, 1.807) is 33.9 Å². The third-order valence-corrected chi connectivity index (χ3v) is 5.76. The summed E-state index contributed by atoms with van der Waals surface area (Å²) in [6.45, 7) is 7.19. The number of Topliss-reactive ketones (excluding diaryl/α,β-unsaturated/α-hetero) is 1. The Morgan fingerprint density at radius 3 is 2.45 bits per heavy atom. The van der Waals surface area contributed by atoms with Gasteiger partial charge in [-0.3, -0.25) is 9.59 Å². The van der Waals surface area contributed by atoms with Crippen molar-refractivity contribution in [3.05, 3.63) is 52.4 Å². The number of rotatable bonds is 5. The summed E-state index contributed by atoms with van der Waals surface area (Å²) < 4.78 is 16.0. The Labute approximate surface area is 182 Å². The molecule has 0 aromatic heterocycles. The van der Waals surface area contributed by atoms with Crippen molar-refractivity contribution in [2.24, 2.45) is 11.8 Å². The lowest BCUT2D eigenvalue weighted by Gasteiger charge is -2.38. The molecule has 0 unspecified atom stereocenters. The number of ketones is 1. The maximum Gasteiger partial charge on any atom is 0.337 e. The maximum atomic E-state index is 13.6. The molecule has 7 heteroatoms. The summed E-state index contributed by atoms with van der Waals surface area (Å²) in [5, 5.41) is 3.24. The van der Waals surface area contributed by atoms with E-state index in [1.165, 1.54) is 7.11 Å². The van der Waals surface area contributed by atoms with Crippen molar-refractivity contribution in [2.75, 3.05) is 14.2 Å². The van der Waals surface area contributed by atoms with E-state index in [-0.39, 0.29) is 17.8 Å². The normalized spacial score (nSPS) is 23.3. The van der Waals surface area contributed by atoms with E-state index >= 15 is 0 Å². The Morgan fingerprint density at radius 2 is 1.84 bits per heavy atom. The lowest BCUT2D eigenvalue weighted by Crippen LogP contribution is -2.43. The Hall–Kier alpha value is -3.09. The van der Waals surface area contributed by atoms with Crippen molar-refractivity contribution >= 4 is 17.7 Å². The molecule has 31 heavy (non-hydrogen) atoms. The fraction of sp³-hybridized carbons (Fsp3) is 0.458. The summed E-state index contributed by atoms with van der Waals surface area (Å²) in [5.41, 5.74) is 2.73. The zero-order valence-electron chi connectivity index (χ0n) is 18.8. The maximum absolute atomic E-state index is 13.6.